The summed E-state index contributed by atoms with van der Waals surface area (Å²) in [5.74, 6) is -1.03. The number of phosphoric acid groups is 1. The van der Waals surface area contributed by atoms with Crippen LogP contribution in [0.2, 0.25) is 0 Å². The number of hydrogen-bond donors (Lipinski definition) is 3. The Morgan fingerprint density at radius 1 is 0.590 bits per heavy atom. The fraction of sp³-hybridized carbons (Fsp3) is 0.929. The minimum atomic E-state index is -4.60. The fourth-order valence-electron chi connectivity index (χ4n) is 3.94. The van der Waals surface area contributed by atoms with Gasteiger partial charge in [0.1, 0.15) is 12.2 Å². The van der Waals surface area contributed by atoms with Crippen molar-refractivity contribution in [3.8, 4) is 0 Å². The number of hydrogen-bond acceptors (Lipinski definition) is 9. The van der Waals surface area contributed by atoms with Crippen LogP contribution in [0.5, 0.6) is 0 Å². The molecule has 232 valence electrons. The third-order valence-corrected chi connectivity index (χ3v) is 7.27. The lowest BCUT2D eigenvalue weighted by Crippen LogP contribution is -2.28. The Bertz CT molecular complexity index is 646. The largest absolute Gasteiger partial charge is 0.472 e. The molecule has 0 aliphatic heterocycles. The molecule has 0 amide bonds. The molecule has 10 nitrogen and oxygen atoms in total. The van der Waals surface area contributed by atoms with Crippen molar-refractivity contribution in [2.24, 2.45) is 0 Å². The van der Waals surface area contributed by atoms with E-state index in [1.54, 1.807) is 0 Å². The Balaban J connectivity index is 4.11. The van der Waals surface area contributed by atoms with E-state index in [0.29, 0.717) is 12.8 Å². The number of aliphatic hydroxyl groups excluding tert-OH is 2. The Morgan fingerprint density at radius 3 is 1.21 bits per heavy atom. The minimum absolute atomic E-state index is 0.195. The highest BCUT2D eigenvalue weighted by molar-refractivity contribution is 7.47. The van der Waals surface area contributed by atoms with E-state index in [1.165, 1.54) is 51.4 Å². The highest BCUT2D eigenvalue weighted by atomic mass is 31.2. The van der Waals surface area contributed by atoms with Crippen LogP contribution in [0.25, 0.3) is 0 Å². The van der Waals surface area contributed by atoms with Crippen LogP contribution in [0.1, 0.15) is 129 Å². The van der Waals surface area contributed by atoms with Crippen molar-refractivity contribution < 1.29 is 47.8 Å². The van der Waals surface area contributed by atoms with E-state index >= 15 is 0 Å². The van der Waals surface area contributed by atoms with E-state index in [4.69, 9.17) is 18.5 Å². The van der Waals surface area contributed by atoms with Gasteiger partial charge in [0.15, 0.2) is 0 Å². The molecule has 39 heavy (non-hydrogen) atoms. The molecular formula is C28H55O10P. The molecule has 0 spiro atoms. The molecule has 0 fully saturated rings. The van der Waals surface area contributed by atoms with Crippen molar-refractivity contribution in [1.29, 1.82) is 0 Å². The lowest BCUT2D eigenvalue weighted by atomic mass is 10.1. The molecule has 0 saturated carbocycles. The highest BCUT2D eigenvalue weighted by Gasteiger charge is 2.27. The number of carbonyl (C=O) groups is 2. The Labute approximate surface area is 235 Å². The first-order valence-corrected chi connectivity index (χ1v) is 16.5. The summed E-state index contributed by atoms with van der Waals surface area (Å²) in [7, 11) is -4.60. The van der Waals surface area contributed by atoms with Crippen LogP contribution >= 0.6 is 7.82 Å². The number of aliphatic hydroxyl groups is 2. The van der Waals surface area contributed by atoms with E-state index in [0.717, 1.165) is 38.5 Å². The second-order valence-electron chi connectivity index (χ2n) is 10.1. The second kappa shape index (κ2) is 25.9. The number of esters is 2. The zero-order valence-electron chi connectivity index (χ0n) is 24.4. The maximum Gasteiger partial charge on any atom is 0.472 e. The van der Waals surface area contributed by atoms with Gasteiger partial charge in [0, 0.05) is 12.8 Å². The van der Waals surface area contributed by atoms with Crippen molar-refractivity contribution in [3.05, 3.63) is 0 Å². The Kier molecular flexibility index (Phi) is 25.2. The van der Waals surface area contributed by atoms with Gasteiger partial charge in [-0.1, -0.05) is 104 Å². The van der Waals surface area contributed by atoms with Crippen LogP contribution in [0, 0.1) is 0 Å². The van der Waals surface area contributed by atoms with Gasteiger partial charge in [-0.05, 0) is 12.8 Å². The average Bonchev–Trinajstić information content (AvgIpc) is 2.91. The molecule has 11 heteroatoms. The average molecular weight is 583 g/mol. The number of carbonyl (C=O) groups excluding carboxylic acids is 2. The quantitative estimate of drug-likeness (QED) is 0.0570. The summed E-state index contributed by atoms with van der Waals surface area (Å²) in [6.45, 7) is 2.08. The lowest BCUT2D eigenvalue weighted by Gasteiger charge is -2.20. The van der Waals surface area contributed by atoms with E-state index in [2.05, 4.69) is 13.8 Å². The summed E-state index contributed by atoms with van der Waals surface area (Å²) < 4.78 is 32.1. The van der Waals surface area contributed by atoms with Crippen LogP contribution in [-0.2, 0) is 32.7 Å². The number of phosphoric ester groups is 1. The predicted molar refractivity (Wildman–Crippen MR) is 150 cm³/mol. The van der Waals surface area contributed by atoms with Gasteiger partial charge < -0.3 is 24.6 Å². The van der Waals surface area contributed by atoms with Crippen molar-refractivity contribution in [3.63, 3.8) is 0 Å². The second-order valence-corrected chi connectivity index (χ2v) is 11.6. The van der Waals surface area contributed by atoms with Crippen LogP contribution < -0.4 is 0 Å². The van der Waals surface area contributed by atoms with Crippen LogP contribution in [0.3, 0.4) is 0 Å². The maximum atomic E-state index is 12.2. The number of rotatable bonds is 28. The zero-order chi connectivity index (χ0) is 29.2. The Hall–Kier alpha value is -1.03. The molecule has 0 aliphatic carbocycles. The first kappa shape index (κ1) is 38.0. The highest BCUT2D eigenvalue weighted by Crippen LogP contribution is 2.43. The maximum absolute atomic E-state index is 12.2. The third kappa shape index (κ3) is 24.5. The molecule has 0 aromatic carbocycles. The van der Waals surface area contributed by atoms with E-state index < -0.39 is 58.4 Å². The monoisotopic (exact) mass is 582 g/mol. The zero-order valence-corrected chi connectivity index (χ0v) is 25.3. The summed E-state index contributed by atoms with van der Waals surface area (Å²) in [4.78, 5) is 33.9. The molecule has 0 aromatic heterocycles. The molecule has 0 rings (SSSR count). The SMILES string of the molecule is CCCCCCCCCCCC(=O)OC(CO)COP(=O)(O)OCC(CO)OC(=O)CCCCCCCCC. The summed E-state index contributed by atoms with van der Waals surface area (Å²) >= 11 is 0. The van der Waals surface area contributed by atoms with E-state index in [-0.39, 0.29) is 12.8 Å². The van der Waals surface area contributed by atoms with Crippen LogP contribution in [0.15, 0.2) is 0 Å². The molecule has 0 aromatic rings. The summed E-state index contributed by atoms with van der Waals surface area (Å²) in [5.41, 5.74) is 0. The normalized spacial score (nSPS) is 14.5. The van der Waals surface area contributed by atoms with Crippen molar-refractivity contribution >= 4 is 19.8 Å². The molecule has 3 unspecified atom stereocenters. The summed E-state index contributed by atoms with van der Waals surface area (Å²) in [6.07, 6.45) is 15.5. The molecule has 0 saturated heterocycles. The molecule has 3 N–H and O–H groups in total. The summed E-state index contributed by atoms with van der Waals surface area (Å²) in [5, 5.41) is 18.9. The van der Waals surface area contributed by atoms with Gasteiger partial charge in [0.25, 0.3) is 0 Å². The topological polar surface area (TPSA) is 149 Å². The van der Waals surface area contributed by atoms with Crippen LogP contribution in [-0.4, -0.2) is 65.7 Å². The molecule has 0 heterocycles. The molecule has 0 aliphatic rings. The molecule has 0 radical (unpaired) electrons. The smallest absolute Gasteiger partial charge is 0.457 e. The molecule has 3 atom stereocenters. The summed E-state index contributed by atoms with van der Waals surface area (Å²) in [6, 6.07) is 0. The van der Waals surface area contributed by atoms with E-state index in [1.807, 2.05) is 0 Å². The number of ether oxygens (including phenoxy) is 2. The van der Waals surface area contributed by atoms with Gasteiger partial charge >= 0.3 is 19.8 Å². The van der Waals surface area contributed by atoms with Crippen LogP contribution in [0.4, 0.5) is 0 Å². The van der Waals surface area contributed by atoms with Crippen molar-refractivity contribution in [2.45, 2.75) is 142 Å². The first-order valence-electron chi connectivity index (χ1n) is 15.0. The standard InChI is InChI=1S/C28H55O10P/c1-3-5-7-9-11-12-14-16-18-20-28(32)38-26(22-30)24-36-39(33,34)35-23-25(21-29)37-27(31)19-17-15-13-10-8-6-4-2/h25-26,29-30H,3-24H2,1-2H3,(H,33,34). The van der Waals surface area contributed by atoms with Gasteiger partial charge in [-0.15, -0.1) is 0 Å². The lowest BCUT2D eigenvalue weighted by molar-refractivity contribution is -0.153. The van der Waals surface area contributed by atoms with Gasteiger partial charge in [0.2, 0.25) is 0 Å². The Morgan fingerprint density at radius 2 is 0.897 bits per heavy atom. The minimum Gasteiger partial charge on any atom is -0.457 e. The number of unbranched alkanes of at least 4 members (excludes halogenated alkanes) is 14. The van der Waals surface area contributed by atoms with Crippen molar-refractivity contribution in [2.75, 3.05) is 26.4 Å². The predicted octanol–water partition coefficient (Wildman–Crippen LogP) is 5.99. The van der Waals surface area contributed by atoms with Crippen molar-refractivity contribution in [1.82, 2.24) is 0 Å². The first-order chi connectivity index (χ1) is 18.8. The van der Waals surface area contributed by atoms with E-state index in [9.17, 15) is 29.3 Å². The third-order valence-electron chi connectivity index (χ3n) is 6.32. The van der Waals surface area contributed by atoms with Gasteiger partial charge in [-0.2, -0.15) is 0 Å². The van der Waals surface area contributed by atoms with Gasteiger partial charge in [0.05, 0.1) is 26.4 Å². The van der Waals surface area contributed by atoms with Gasteiger partial charge in [-0.3, -0.25) is 18.6 Å². The molecule has 0 bridgehead atoms. The molecular weight excluding hydrogens is 527 g/mol. The van der Waals surface area contributed by atoms with Gasteiger partial charge in [-0.25, -0.2) is 4.57 Å². The fourth-order valence-corrected chi connectivity index (χ4v) is 4.72.